The van der Waals surface area contributed by atoms with E-state index in [9.17, 15) is 0 Å². The number of benzene rings is 1. The van der Waals surface area contributed by atoms with Gasteiger partial charge in [0.25, 0.3) is 0 Å². The summed E-state index contributed by atoms with van der Waals surface area (Å²) in [7, 11) is 0. The van der Waals surface area contributed by atoms with Crippen molar-refractivity contribution in [3.63, 3.8) is 0 Å². The van der Waals surface area contributed by atoms with Crippen molar-refractivity contribution in [1.29, 1.82) is 0 Å². The van der Waals surface area contributed by atoms with Gasteiger partial charge in [-0.25, -0.2) is 0 Å². The Hall–Kier alpha value is -1.81. The van der Waals surface area contributed by atoms with E-state index in [1.54, 1.807) is 0 Å². The lowest BCUT2D eigenvalue weighted by molar-refractivity contribution is 0.226. The minimum absolute atomic E-state index is 0.218. The summed E-state index contributed by atoms with van der Waals surface area (Å²) >= 11 is 0. The number of hydrogen-bond acceptors (Lipinski definition) is 4. The molecule has 94 valence electrons. The van der Waals surface area contributed by atoms with Gasteiger partial charge in [-0.05, 0) is 18.6 Å². The molecule has 1 atom stereocenters. The summed E-state index contributed by atoms with van der Waals surface area (Å²) in [6.45, 7) is 3.43. The van der Waals surface area contributed by atoms with Crippen LogP contribution in [-0.4, -0.2) is 17.8 Å². The van der Waals surface area contributed by atoms with E-state index >= 15 is 0 Å². The fourth-order valence-electron chi connectivity index (χ4n) is 2.23. The van der Waals surface area contributed by atoms with Crippen molar-refractivity contribution in [2.45, 2.75) is 26.0 Å². The summed E-state index contributed by atoms with van der Waals surface area (Å²) in [5.41, 5.74) is 2.23. The van der Waals surface area contributed by atoms with Crippen LogP contribution in [0.3, 0.4) is 0 Å². The maximum absolute atomic E-state index is 5.84. The predicted molar refractivity (Wildman–Crippen MR) is 67.5 cm³/mol. The van der Waals surface area contributed by atoms with Crippen LogP contribution < -0.4 is 10.1 Å². The summed E-state index contributed by atoms with van der Waals surface area (Å²) < 4.78 is 10.9. The maximum atomic E-state index is 5.84. The first-order valence-corrected chi connectivity index (χ1v) is 6.19. The summed E-state index contributed by atoms with van der Waals surface area (Å²) in [6, 6.07) is 10.1. The van der Waals surface area contributed by atoms with Gasteiger partial charge in [0.05, 0.1) is 5.69 Å². The van der Waals surface area contributed by atoms with E-state index in [4.69, 9.17) is 9.26 Å². The van der Waals surface area contributed by atoms with E-state index in [0.717, 1.165) is 30.2 Å². The van der Waals surface area contributed by atoms with Crippen molar-refractivity contribution in [2.24, 2.45) is 0 Å². The molecule has 2 aromatic rings. The highest BCUT2D eigenvalue weighted by atomic mass is 16.5. The zero-order chi connectivity index (χ0) is 12.4. The number of nitrogens with zero attached hydrogens (tertiary/aromatic N) is 1. The predicted octanol–water partition coefficient (Wildman–Crippen LogP) is 2.08. The molecule has 4 heteroatoms. The van der Waals surface area contributed by atoms with Gasteiger partial charge < -0.3 is 14.6 Å². The summed E-state index contributed by atoms with van der Waals surface area (Å²) in [5.74, 6) is 1.86. The van der Waals surface area contributed by atoms with Crippen LogP contribution in [0.1, 0.15) is 17.0 Å². The van der Waals surface area contributed by atoms with E-state index in [0.29, 0.717) is 6.54 Å². The Morgan fingerprint density at radius 2 is 2.28 bits per heavy atom. The number of rotatable bonds is 4. The SMILES string of the molecule is Cc1cc(CNCC2Cc3ccccc3O2)no1. The van der Waals surface area contributed by atoms with Crippen molar-refractivity contribution >= 4 is 0 Å². The average molecular weight is 244 g/mol. The molecule has 0 fully saturated rings. The molecular formula is C14H16N2O2. The van der Waals surface area contributed by atoms with Gasteiger partial charge in [0.1, 0.15) is 17.6 Å². The van der Waals surface area contributed by atoms with Crippen LogP contribution in [0.15, 0.2) is 34.9 Å². The van der Waals surface area contributed by atoms with Gasteiger partial charge in [0.15, 0.2) is 0 Å². The Balaban J connectivity index is 1.48. The van der Waals surface area contributed by atoms with Crippen LogP contribution in [-0.2, 0) is 13.0 Å². The molecule has 18 heavy (non-hydrogen) atoms. The van der Waals surface area contributed by atoms with Crippen LogP contribution in [0.25, 0.3) is 0 Å². The topological polar surface area (TPSA) is 47.3 Å². The molecule has 0 radical (unpaired) electrons. The molecule has 1 aliphatic heterocycles. The largest absolute Gasteiger partial charge is 0.488 e. The molecule has 0 aliphatic carbocycles. The molecule has 1 N–H and O–H groups in total. The maximum Gasteiger partial charge on any atom is 0.133 e. The van der Waals surface area contributed by atoms with Crippen molar-refractivity contribution in [3.05, 3.63) is 47.3 Å². The van der Waals surface area contributed by atoms with Gasteiger partial charge in [0, 0.05) is 25.6 Å². The highest BCUT2D eigenvalue weighted by Gasteiger charge is 2.21. The number of ether oxygens (including phenoxy) is 1. The summed E-state index contributed by atoms with van der Waals surface area (Å²) in [6.07, 6.45) is 1.19. The third-order valence-electron chi connectivity index (χ3n) is 3.07. The Bertz CT molecular complexity index is 511. The lowest BCUT2D eigenvalue weighted by Crippen LogP contribution is -2.29. The number of aryl methyl sites for hydroxylation is 1. The molecule has 3 rings (SSSR count). The number of nitrogens with one attached hydrogen (secondary N) is 1. The molecular weight excluding hydrogens is 228 g/mol. The zero-order valence-electron chi connectivity index (χ0n) is 10.3. The first kappa shape index (κ1) is 11.3. The first-order chi connectivity index (χ1) is 8.81. The Morgan fingerprint density at radius 1 is 1.39 bits per heavy atom. The number of hydrogen-bond donors (Lipinski definition) is 1. The smallest absolute Gasteiger partial charge is 0.133 e. The fraction of sp³-hybridized carbons (Fsp3) is 0.357. The summed E-state index contributed by atoms with van der Waals surface area (Å²) in [4.78, 5) is 0. The first-order valence-electron chi connectivity index (χ1n) is 6.19. The molecule has 0 spiro atoms. The Labute approximate surface area is 106 Å². The van der Waals surface area contributed by atoms with Crippen LogP contribution in [0, 0.1) is 6.92 Å². The number of fused-ring (bicyclic) bond motifs is 1. The molecule has 0 bridgehead atoms. The zero-order valence-corrected chi connectivity index (χ0v) is 10.3. The molecule has 0 saturated heterocycles. The molecule has 2 heterocycles. The third kappa shape index (κ3) is 2.38. The van der Waals surface area contributed by atoms with Gasteiger partial charge in [-0.1, -0.05) is 23.4 Å². The van der Waals surface area contributed by atoms with Gasteiger partial charge in [-0.3, -0.25) is 0 Å². The van der Waals surface area contributed by atoms with Crippen LogP contribution in [0.5, 0.6) is 5.75 Å². The average Bonchev–Trinajstić information content (AvgIpc) is 2.95. The quantitative estimate of drug-likeness (QED) is 0.894. The molecule has 0 amide bonds. The standard InChI is InChI=1S/C14H16N2O2/c1-10-6-12(16-18-10)8-15-9-13-7-11-4-2-3-5-14(11)17-13/h2-6,13,15H,7-9H2,1H3. The minimum Gasteiger partial charge on any atom is -0.488 e. The van der Waals surface area contributed by atoms with Gasteiger partial charge >= 0.3 is 0 Å². The highest BCUT2D eigenvalue weighted by molar-refractivity contribution is 5.37. The second-order valence-electron chi connectivity index (χ2n) is 4.61. The molecule has 1 aromatic heterocycles. The molecule has 1 aliphatic rings. The van der Waals surface area contributed by atoms with Gasteiger partial charge in [-0.15, -0.1) is 0 Å². The third-order valence-corrected chi connectivity index (χ3v) is 3.07. The van der Waals surface area contributed by atoms with Crippen LogP contribution >= 0.6 is 0 Å². The number of aromatic nitrogens is 1. The Morgan fingerprint density at radius 3 is 3.06 bits per heavy atom. The molecule has 1 aromatic carbocycles. The van der Waals surface area contributed by atoms with E-state index in [1.807, 2.05) is 25.1 Å². The highest BCUT2D eigenvalue weighted by Crippen LogP contribution is 2.27. The van der Waals surface area contributed by atoms with Gasteiger partial charge in [0.2, 0.25) is 0 Å². The van der Waals surface area contributed by atoms with Crippen molar-refractivity contribution in [3.8, 4) is 5.75 Å². The van der Waals surface area contributed by atoms with E-state index in [1.165, 1.54) is 5.56 Å². The number of para-hydroxylation sites is 1. The molecule has 4 nitrogen and oxygen atoms in total. The molecule has 1 unspecified atom stereocenters. The monoisotopic (exact) mass is 244 g/mol. The van der Waals surface area contributed by atoms with Crippen LogP contribution in [0.2, 0.25) is 0 Å². The second-order valence-corrected chi connectivity index (χ2v) is 4.61. The van der Waals surface area contributed by atoms with Crippen LogP contribution in [0.4, 0.5) is 0 Å². The van der Waals surface area contributed by atoms with Crippen molar-refractivity contribution in [2.75, 3.05) is 6.54 Å². The van der Waals surface area contributed by atoms with E-state index in [-0.39, 0.29) is 6.10 Å². The van der Waals surface area contributed by atoms with Gasteiger partial charge in [-0.2, -0.15) is 0 Å². The van der Waals surface area contributed by atoms with E-state index < -0.39 is 0 Å². The van der Waals surface area contributed by atoms with E-state index in [2.05, 4.69) is 22.6 Å². The minimum atomic E-state index is 0.218. The second kappa shape index (κ2) is 4.82. The normalized spacial score (nSPS) is 17.5. The lowest BCUT2D eigenvalue weighted by Gasteiger charge is -2.10. The summed E-state index contributed by atoms with van der Waals surface area (Å²) in [5, 5.41) is 7.29. The fourth-order valence-corrected chi connectivity index (χ4v) is 2.23. The molecule has 0 saturated carbocycles. The van der Waals surface area contributed by atoms with Crippen molar-refractivity contribution in [1.82, 2.24) is 10.5 Å². The van der Waals surface area contributed by atoms with Crippen molar-refractivity contribution < 1.29 is 9.26 Å². The Kier molecular flexibility index (Phi) is 3.02. The lowest BCUT2D eigenvalue weighted by atomic mass is 10.1.